The van der Waals surface area contributed by atoms with Crippen molar-refractivity contribution in [2.75, 3.05) is 0 Å². The quantitative estimate of drug-likeness (QED) is 0.715. The molecule has 1 atom stereocenters. The monoisotopic (exact) mass is 287 g/mol. The van der Waals surface area contributed by atoms with Crippen LogP contribution >= 0.6 is 0 Å². The summed E-state index contributed by atoms with van der Waals surface area (Å²) >= 11 is 0. The van der Waals surface area contributed by atoms with Gasteiger partial charge >= 0.3 is 0 Å². The van der Waals surface area contributed by atoms with E-state index in [-0.39, 0.29) is 10.9 Å². The number of aryl methyl sites for hydroxylation is 1. The minimum absolute atomic E-state index is 0.0434. The van der Waals surface area contributed by atoms with Gasteiger partial charge in [0.2, 0.25) is 10.0 Å². The Morgan fingerprint density at radius 1 is 1.42 bits per heavy atom. The van der Waals surface area contributed by atoms with E-state index in [0.717, 1.165) is 31.4 Å². The molecule has 0 spiro atoms. The van der Waals surface area contributed by atoms with E-state index < -0.39 is 10.0 Å². The second-order valence-corrected chi connectivity index (χ2v) is 6.71. The van der Waals surface area contributed by atoms with E-state index in [1.165, 1.54) is 0 Å². The van der Waals surface area contributed by atoms with Crippen molar-refractivity contribution >= 4 is 10.0 Å². The first kappa shape index (κ1) is 16.2. The van der Waals surface area contributed by atoms with E-state index in [9.17, 15) is 8.42 Å². The topological polar surface area (TPSA) is 77.1 Å². The molecule has 110 valence electrons. The standard InChI is InChI=1S/C13H25N3O2S/c1-4-5-6-7-11(2)15-19(17,18)13-8-12(9-14)16(3)10-13/h8,10-11,15H,4-7,9,14H2,1-3H3. The van der Waals surface area contributed by atoms with Gasteiger partial charge in [0, 0.05) is 31.5 Å². The van der Waals surface area contributed by atoms with Crippen LogP contribution in [0.4, 0.5) is 0 Å². The van der Waals surface area contributed by atoms with E-state index >= 15 is 0 Å². The highest BCUT2D eigenvalue weighted by molar-refractivity contribution is 7.89. The summed E-state index contributed by atoms with van der Waals surface area (Å²) in [6.45, 7) is 4.37. The molecule has 0 aromatic carbocycles. The molecule has 0 radical (unpaired) electrons. The SMILES string of the molecule is CCCCCC(C)NS(=O)(=O)c1cc(CN)n(C)c1. The summed E-state index contributed by atoms with van der Waals surface area (Å²) in [5, 5.41) is 0. The zero-order valence-corrected chi connectivity index (χ0v) is 12.8. The van der Waals surface area contributed by atoms with Crippen molar-refractivity contribution in [1.29, 1.82) is 0 Å². The third-order valence-electron chi connectivity index (χ3n) is 3.20. The van der Waals surface area contributed by atoms with Crippen LogP contribution in [-0.2, 0) is 23.6 Å². The molecule has 0 bridgehead atoms. The highest BCUT2D eigenvalue weighted by Gasteiger charge is 2.19. The maximum Gasteiger partial charge on any atom is 0.242 e. The molecule has 0 saturated heterocycles. The van der Waals surface area contributed by atoms with Crippen molar-refractivity contribution in [3.8, 4) is 0 Å². The number of nitrogens with one attached hydrogen (secondary N) is 1. The molecule has 0 saturated carbocycles. The fraction of sp³-hybridized carbons (Fsp3) is 0.692. The number of unbranched alkanes of at least 4 members (excludes halogenated alkanes) is 2. The van der Waals surface area contributed by atoms with Gasteiger partial charge in [-0.25, -0.2) is 13.1 Å². The highest BCUT2D eigenvalue weighted by Crippen LogP contribution is 2.14. The summed E-state index contributed by atoms with van der Waals surface area (Å²) in [5.74, 6) is 0. The summed E-state index contributed by atoms with van der Waals surface area (Å²) < 4.78 is 28.8. The predicted molar refractivity (Wildman–Crippen MR) is 77.2 cm³/mol. The van der Waals surface area contributed by atoms with Crippen molar-refractivity contribution in [2.45, 2.75) is 57.0 Å². The molecule has 6 heteroatoms. The number of sulfonamides is 1. The summed E-state index contributed by atoms with van der Waals surface area (Å²) in [6.07, 6.45) is 5.78. The van der Waals surface area contributed by atoms with Gasteiger partial charge in [-0.15, -0.1) is 0 Å². The molecule has 0 aliphatic heterocycles. The van der Waals surface area contributed by atoms with Gasteiger partial charge in [0.1, 0.15) is 0 Å². The molecule has 1 rings (SSSR count). The van der Waals surface area contributed by atoms with Crippen LogP contribution in [0.5, 0.6) is 0 Å². The smallest absolute Gasteiger partial charge is 0.242 e. The van der Waals surface area contributed by atoms with Crippen molar-refractivity contribution in [3.05, 3.63) is 18.0 Å². The molecule has 1 aromatic rings. The largest absolute Gasteiger partial charge is 0.352 e. The molecule has 0 fully saturated rings. The Morgan fingerprint density at radius 2 is 2.11 bits per heavy atom. The lowest BCUT2D eigenvalue weighted by Gasteiger charge is -2.13. The second kappa shape index (κ2) is 7.07. The molecule has 5 nitrogen and oxygen atoms in total. The Kier molecular flexibility index (Phi) is 6.03. The third kappa shape index (κ3) is 4.63. The lowest BCUT2D eigenvalue weighted by molar-refractivity contribution is 0.527. The van der Waals surface area contributed by atoms with Crippen LogP contribution in [0.1, 0.15) is 45.2 Å². The fourth-order valence-corrected chi connectivity index (χ4v) is 3.39. The lowest BCUT2D eigenvalue weighted by Crippen LogP contribution is -2.32. The number of nitrogens with two attached hydrogens (primary N) is 1. The van der Waals surface area contributed by atoms with E-state index in [4.69, 9.17) is 5.73 Å². The van der Waals surface area contributed by atoms with Crippen molar-refractivity contribution in [1.82, 2.24) is 9.29 Å². The number of hydrogen-bond acceptors (Lipinski definition) is 3. The van der Waals surface area contributed by atoms with Gasteiger partial charge in [-0.2, -0.15) is 0 Å². The second-order valence-electron chi connectivity index (χ2n) is 5.00. The summed E-state index contributed by atoms with van der Waals surface area (Å²) in [5.41, 5.74) is 6.36. The lowest BCUT2D eigenvalue weighted by atomic mass is 10.1. The van der Waals surface area contributed by atoms with Crippen molar-refractivity contribution < 1.29 is 8.42 Å². The van der Waals surface area contributed by atoms with E-state index in [2.05, 4.69) is 11.6 Å². The molecule has 0 aliphatic rings. The Morgan fingerprint density at radius 3 is 2.63 bits per heavy atom. The molecule has 3 N–H and O–H groups in total. The number of hydrogen-bond donors (Lipinski definition) is 2. The maximum atomic E-state index is 12.2. The first-order chi connectivity index (χ1) is 8.90. The zero-order chi connectivity index (χ0) is 14.5. The average Bonchev–Trinajstić information content (AvgIpc) is 2.71. The van der Waals surface area contributed by atoms with Crippen LogP contribution in [0.25, 0.3) is 0 Å². The Balaban J connectivity index is 2.69. The third-order valence-corrected chi connectivity index (χ3v) is 4.76. The van der Waals surface area contributed by atoms with Gasteiger partial charge in [0.05, 0.1) is 4.90 Å². The minimum atomic E-state index is -3.43. The van der Waals surface area contributed by atoms with Gasteiger partial charge in [-0.3, -0.25) is 0 Å². The Bertz CT molecular complexity index is 494. The van der Waals surface area contributed by atoms with Crippen LogP contribution in [0.3, 0.4) is 0 Å². The molecule has 19 heavy (non-hydrogen) atoms. The number of rotatable bonds is 8. The van der Waals surface area contributed by atoms with E-state index in [1.807, 2.05) is 6.92 Å². The highest BCUT2D eigenvalue weighted by atomic mass is 32.2. The van der Waals surface area contributed by atoms with E-state index in [0.29, 0.717) is 6.54 Å². The molecule has 0 aliphatic carbocycles. The summed E-state index contributed by atoms with van der Waals surface area (Å²) in [7, 11) is -1.64. The van der Waals surface area contributed by atoms with Crippen molar-refractivity contribution in [3.63, 3.8) is 0 Å². The summed E-state index contributed by atoms with van der Waals surface area (Å²) in [4.78, 5) is 0.290. The average molecular weight is 287 g/mol. The van der Waals surface area contributed by atoms with Gasteiger partial charge in [-0.05, 0) is 19.4 Å². The Labute approximate surface area is 116 Å². The van der Waals surface area contributed by atoms with Crippen LogP contribution in [0.15, 0.2) is 17.2 Å². The molecular formula is C13H25N3O2S. The van der Waals surface area contributed by atoms with Crippen LogP contribution in [-0.4, -0.2) is 19.0 Å². The Hall–Kier alpha value is -0.850. The first-order valence-corrected chi connectivity index (χ1v) is 8.26. The van der Waals surface area contributed by atoms with E-state index in [1.54, 1.807) is 23.9 Å². The fourth-order valence-electron chi connectivity index (χ4n) is 2.02. The van der Waals surface area contributed by atoms with Crippen LogP contribution < -0.4 is 10.5 Å². The van der Waals surface area contributed by atoms with Crippen LogP contribution in [0.2, 0.25) is 0 Å². The first-order valence-electron chi connectivity index (χ1n) is 6.78. The number of nitrogens with zero attached hydrogens (tertiary/aromatic N) is 1. The van der Waals surface area contributed by atoms with Crippen molar-refractivity contribution in [2.24, 2.45) is 12.8 Å². The van der Waals surface area contributed by atoms with Gasteiger partial charge < -0.3 is 10.3 Å². The minimum Gasteiger partial charge on any atom is -0.352 e. The van der Waals surface area contributed by atoms with Gasteiger partial charge in [-0.1, -0.05) is 26.2 Å². The van der Waals surface area contributed by atoms with Gasteiger partial charge in [0.25, 0.3) is 0 Å². The molecule has 1 aromatic heterocycles. The van der Waals surface area contributed by atoms with Gasteiger partial charge in [0.15, 0.2) is 0 Å². The normalized spacial score (nSPS) is 13.7. The summed E-state index contributed by atoms with van der Waals surface area (Å²) in [6, 6.07) is 1.58. The van der Waals surface area contributed by atoms with Crippen LogP contribution in [0, 0.1) is 0 Å². The molecule has 1 heterocycles. The zero-order valence-electron chi connectivity index (χ0n) is 12.0. The number of aromatic nitrogens is 1. The molecule has 1 unspecified atom stereocenters. The predicted octanol–water partition coefficient (Wildman–Crippen LogP) is 1.73. The molecule has 0 amide bonds. The molecular weight excluding hydrogens is 262 g/mol. The maximum absolute atomic E-state index is 12.2.